The molecule has 3 aliphatic rings. The van der Waals surface area contributed by atoms with Crippen molar-refractivity contribution in [3.8, 4) is 5.75 Å². The Bertz CT molecular complexity index is 1100. The van der Waals surface area contributed by atoms with Crippen molar-refractivity contribution in [2.24, 2.45) is 0 Å². The summed E-state index contributed by atoms with van der Waals surface area (Å²) >= 11 is 7.04. The first-order valence-electron chi connectivity index (χ1n) is 10.2. The summed E-state index contributed by atoms with van der Waals surface area (Å²) < 4.78 is 25.4. The number of piperidine rings is 1. The van der Waals surface area contributed by atoms with Gasteiger partial charge < -0.3 is 19.7 Å². The summed E-state index contributed by atoms with van der Waals surface area (Å²) in [7, 11) is 0. The number of thiophene rings is 1. The highest BCUT2D eigenvalue weighted by atomic mass is 35.5. The van der Waals surface area contributed by atoms with E-state index in [0.29, 0.717) is 32.9 Å². The van der Waals surface area contributed by atoms with Gasteiger partial charge in [-0.1, -0.05) is 11.6 Å². The Labute approximate surface area is 191 Å². The lowest BCUT2D eigenvalue weighted by atomic mass is 10.1. The normalized spacial score (nSPS) is 24.5. The molecule has 1 aromatic heterocycles. The van der Waals surface area contributed by atoms with Crippen LogP contribution in [0.15, 0.2) is 30.3 Å². The Balaban J connectivity index is 1.29. The maximum Gasteiger partial charge on any atom is 0.415 e. The van der Waals surface area contributed by atoms with Crippen LogP contribution in [0.3, 0.4) is 0 Å². The standard InChI is InChI=1S/C21H19ClFN3O5S/c22-18-4-3-17(32-18)20(28)24-9-16-14-10-30-15-8-12(25-6-5-11(23)7-19(25)27)1-2-13(15)26(14)21(29)31-16/h1-4,8,11,14,16H,5-7,9-10H2,(H,24,28)/t11-,14+,16-/m1/s1. The fraction of sp³-hybridized carbons (Fsp3) is 0.381. The van der Waals surface area contributed by atoms with E-state index < -0.39 is 24.4 Å². The predicted octanol–water partition coefficient (Wildman–Crippen LogP) is 3.38. The van der Waals surface area contributed by atoms with E-state index in [1.54, 1.807) is 30.3 Å². The van der Waals surface area contributed by atoms with Gasteiger partial charge in [0, 0.05) is 18.3 Å². The maximum absolute atomic E-state index is 13.5. The Kier molecular flexibility index (Phi) is 5.42. The van der Waals surface area contributed by atoms with Crippen LogP contribution in [-0.2, 0) is 9.53 Å². The van der Waals surface area contributed by atoms with Gasteiger partial charge in [0.2, 0.25) is 5.91 Å². The van der Waals surface area contributed by atoms with Gasteiger partial charge in [0.25, 0.3) is 5.91 Å². The molecule has 168 valence electrons. The van der Waals surface area contributed by atoms with Crippen LogP contribution in [0.2, 0.25) is 4.34 Å². The van der Waals surface area contributed by atoms with Crippen LogP contribution in [0.1, 0.15) is 22.5 Å². The van der Waals surface area contributed by atoms with Crippen molar-refractivity contribution in [1.29, 1.82) is 0 Å². The SMILES string of the molecule is O=C(NC[C@H]1OC(=O)N2c3ccc(N4CC[C@@H](F)CC4=O)cc3OC[C@@H]12)c1ccc(Cl)s1. The second kappa shape index (κ2) is 8.25. The number of carbonyl (C=O) groups is 3. The van der Waals surface area contributed by atoms with Crippen molar-refractivity contribution in [3.05, 3.63) is 39.5 Å². The number of hydrogen-bond donors (Lipinski definition) is 1. The van der Waals surface area contributed by atoms with Crippen LogP contribution in [0.4, 0.5) is 20.6 Å². The smallest absolute Gasteiger partial charge is 0.415 e. The van der Waals surface area contributed by atoms with Crippen molar-refractivity contribution < 1.29 is 28.2 Å². The number of carbonyl (C=O) groups excluding carboxylic acids is 3. The van der Waals surface area contributed by atoms with E-state index in [4.69, 9.17) is 21.1 Å². The monoisotopic (exact) mass is 479 g/mol. The molecule has 0 radical (unpaired) electrons. The minimum absolute atomic E-state index is 0.130. The highest BCUT2D eigenvalue weighted by molar-refractivity contribution is 7.18. The van der Waals surface area contributed by atoms with Gasteiger partial charge in [0.15, 0.2) is 0 Å². The largest absolute Gasteiger partial charge is 0.489 e. The zero-order chi connectivity index (χ0) is 22.4. The average Bonchev–Trinajstić information content (AvgIpc) is 3.35. The van der Waals surface area contributed by atoms with Crippen LogP contribution in [0.25, 0.3) is 0 Å². The van der Waals surface area contributed by atoms with E-state index in [1.807, 2.05) is 0 Å². The second-order valence-corrected chi connectivity index (χ2v) is 9.49. The van der Waals surface area contributed by atoms with Gasteiger partial charge >= 0.3 is 6.09 Å². The van der Waals surface area contributed by atoms with Crippen LogP contribution < -0.4 is 19.9 Å². The highest BCUT2D eigenvalue weighted by Crippen LogP contribution is 2.41. The molecule has 5 rings (SSSR count). The van der Waals surface area contributed by atoms with E-state index in [-0.39, 0.29) is 37.8 Å². The number of halogens is 2. The molecule has 3 amide bonds. The molecule has 0 unspecified atom stereocenters. The maximum atomic E-state index is 13.5. The number of benzene rings is 1. The molecule has 3 aliphatic heterocycles. The van der Waals surface area contributed by atoms with Crippen molar-refractivity contribution in [2.75, 3.05) is 29.5 Å². The zero-order valence-electron chi connectivity index (χ0n) is 16.8. The number of rotatable bonds is 4. The number of ether oxygens (including phenoxy) is 2. The van der Waals surface area contributed by atoms with Gasteiger partial charge in [-0.3, -0.25) is 14.5 Å². The first kappa shape index (κ1) is 21.0. The third-order valence-electron chi connectivity index (χ3n) is 5.76. The number of alkyl halides is 1. The van der Waals surface area contributed by atoms with E-state index in [0.717, 1.165) is 0 Å². The first-order valence-corrected chi connectivity index (χ1v) is 11.3. The average molecular weight is 480 g/mol. The van der Waals surface area contributed by atoms with Gasteiger partial charge in [-0.15, -0.1) is 11.3 Å². The molecular weight excluding hydrogens is 461 g/mol. The van der Waals surface area contributed by atoms with Crippen molar-refractivity contribution >= 4 is 52.2 Å². The van der Waals surface area contributed by atoms with Crippen molar-refractivity contribution in [1.82, 2.24) is 5.32 Å². The summed E-state index contributed by atoms with van der Waals surface area (Å²) in [6, 6.07) is 7.97. The minimum atomic E-state index is -1.11. The lowest BCUT2D eigenvalue weighted by molar-refractivity contribution is -0.120. The number of cyclic esters (lactones) is 1. The number of fused-ring (bicyclic) bond motifs is 3. The number of nitrogens with one attached hydrogen (secondary N) is 1. The molecule has 0 aliphatic carbocycles. The molecule has 11 heteroatoms. The molecule has 4 heterocycles. The molecule has 32 heavy (non-hydrogen) atoms. The lowest BCUT2D eigenvalue weighted by Gasteiger charge is -2.33. The second-order valence-electron chi connectivity index (χ2n) is 7.77. The summed E-state index contributed by atoms with van der Waals surface area (Å²) in [6.07, 6.45) is -2.07. The third-order valence-corrected chi connectivity index (χ3v) is 6.99. The Morgan fingerprint density at radius 1 is 1.28 bits per heavy atom. The number of amides is 3. The molecule has 2 aromatic rings. The summed E-state index contributed by atoms with van der Waals surface area (Å²) in [5.74, 6) is -0.121. The van der Waals surface area contributed by atoms with Gasteiger partial charge in [-0.25, -0.2) is 9.18 Å². The molecule has 0 bridgehead atoms. The fourth-order valence-corrected chi connectivity index (χ4v) is 5.11. The van der Waals surface area contributed by atoms with Crippen LogP contribution in [0, 0.1) is 0 Å². The van der Waals surface area contributed by atoms with Gasteiger partial charge in [0.1, 0.15) is 30.7 Å². The van der Waals surface area contributed by atoms with Crippen LogP contribution in [0.5, 0.6) is 5.75 Å². The summed E-state index contributed by atoms with van der Waals surface area (Å²) in [6.45, 7) is 0.600. The van der Waals surface area contributed by atoms with Gasteiger partial charge in [-0.05, 0) is 30.7 Å². The molecule has 3 atom stereocenters. The molecule has 0 spiro atoms. The molecule has 1 N–H and O–H groups in total. The fourth-order valence-electron chi connectivity index (χ4n) is 4.15. The minimum Gasteiger partial charge on any atom is -0.489 e. The molecule has 2 saturated heterocycles. The van der Waals surface area contributed by atoms with Gasteiger partial charge in [0.05, 0.1) is 27.9 Å². The summed E-state index contributed by atoms with van der Waals surface area (Å²) in [5, 5.41) is 2.77. The molecule has 0 saturated carbocycles. The van der Waals surface area contributed by atoms with Crippen molar-refractivity contribution in [3.63, 3.8) is 0 Å². The number of anilines is 2. The van der Waals surface area contributed by atoms with Gasteiger partial charge in [-0.2, -0.15) is 0 Å². The van der Waals surface area contributed by atoms with Crippen LogP contribution in [-0.4, -0.2) is 55.9 Å². The molecule has 1 aromatic carbocycles. The first-order chi connectivity index (χ1) is 15.4. The number of nitrogens with zero attached hydrogens (tertiary/aromatic N) is 2. The molecular formula is C21H19ClFN3O5S. The van der Waals surface area contributed by atoms with E-state index >= 15 is 0 Å². The lowest BCUT2D eigenvalue weighted by Crippen LogP contribution is -2.48. The van der Waals surface area contributed by atoms with Crippen molar-refractivity contribution in [2.45, 2.75) is 31.2 Å². The van der Waals surface area contributed by atoms with E-state index in [1.165, 1.54) is 21.1 Å². The molecule has 2 fully saturated rings. The van der Waals surface area contributed by atoms with E-state index in [9.17, 15) is 18.8 Å². The summed E-state index contributed by atoms with van der Waals surface area (Å²) in [4.78, 5) is 40.6. The predicted molar refractivity (Wildman–Crippen MR) is 117 cm³/mol. The van der Waals surface area contributed by atoms with E-state index in [2.05, 4.69) is 5.32 Å². The third kappa shape index (κ3) is 3.77. The Morgan fingerprint density at radius 3 is 2.88 bits per heavy atom. The quantitative estimate of drug-likeness (QED) is 0.726. The zero-order valence-corrected chi connectivity index (χ0v) is 18.3. The van der Waals surface area contributed by atoms with Crippen LogP contribution >= 0.6 is 22.9 Å². The molecule has 8 nitrogen and oxygen atoms in total. The Hall–Kier alpha value is -2.85. The highest BCUT2D eigenvalue weighted by Gasteiger charge is 2.46. The topological polar surface area (TPSA) is 88.2 Å². The Morgan fingerprint density at radius 2 is 2.12 bits per heavy atom. The summed E-state index contributed by atoms with van der Waals surface area (Å²) in [5.41, 5.74) is 1.13. The number of hydrogen-bond acceptors (Lipinski definition) is 6.